The number of rotatable bonds is 6. The maximum Gasteiger partial charge on any atom is 0.0413 e. The van der Waals surface area contributed by atoms with E-state index in [2.05, 4.69) is 138 Å². The molecule has 0 saturated heterocycles. The molecule has 2 aliphatic rings. The summed E-state index contributed by atoms with van der Waals surface area (Å²) in [5, 5.41) is 0. The Balaban J connectivity index is 1.39. The van der Waals surface area contributed by atoms with Crippen LogP contribution in [0.5, 0.6) is 0 Å². The maximum atomic E-state index is 2.88. The summed E-state index contributed by atoms with van der Waals surface area (Å²) in [4.78, 5) is 5.52. The Morgan fingerprint density at radius 1 is 0.476 bits per heavy atom. The first-order chi connectivity index (χ1) is 19.9. The van der Waals surface area contributed by atoms with Crippen molar-refractivity contribution in [3.8, 4) is 0 Å². The van der Waals surface area contributed by atoms with Crippen LogP contribution in [0.15, 0.2) is 72.8 Å². The van der Waals surface area contributed by atoms with Crippen LogP contribution >= 0.6 is 0 Å². The van der Waals surface area contributed by atoms with Gasteiger partial charge in [0.15, 0.2) is 0 Å². The van der Waals surface area contributed by atoms with E-state index in [1.54, 1.807) is 0 Å². The second-order valence-corrected chi connectivity index (χ2v) is 15.6. The highest BCUT2D eigenvalue weighted by Crippen LogP contribution is 2.40. The monoisotopic (exact) mass is 564 g/mol. The van der Waals surface area contributed by atoms with Crippen molar-refractivity contribution in [2.24, 2.45) is 5.92 Å². The zero-order valence-electron chi connectivity index (χ0n) is 27.8. The molecule has 3 aromatic carbocycles. The van der Waals surface area contributed by atoms with Crippen molar-refractivity contribution in [1.82, 2.24) is 0 Å². The first kappa shape index (κ1) is 30.7. The van der Waals surface area contributed by atoms with Gasteiger partial charge in [-0.3, -0.25) is 0 Å². The van der Waals surface area contributed by atoms with Gasteiger partial charge in [-0.2, -0.15) is 0 Å². The molecule has 0 aromatic heterocycles. The number of hydrogen-bond acceptors (Lipinski definition) is 2. The van der Waals surface area contributed by atoms with Crippen molar-refractivity contribution in [2.45, 2.75) is 136 Å². The van der Waals surface area contributed by atoms with E-state index in [0.717, 1.165) is 5.92 Å². The van der Waals surface area contributed by atoms with Crippen LogP contribution in [0.3, 0.4) is 0 Å². The van der Waals surface area contributed by atoms with Crippen molar-refractivity contribution in [2.75, 3.05) is 9.80 Å². The number of anilines is 3. The summed E-state index contributed by atoms with van der Waals surface area (Å²) in [5.41, 5.74) is 8.59. The third-order valence-electron chi connectivity index (χ3n) is 10.2. The molecular weight excluding hydrogens is 508 g/mol. The predicted molar refractivity (Wildman–Crippen MR) is 184 cm³/mol. The Bertz CT molecular complexity index is 1260. The molecule has 0 aliphatic heterocycles. The summed E-state index contributed by atoms with van der Waals surface area (Å²) in [5.74, 6) is 0.870. The molecule has 0 unspecified atom stereocenters. The second-order valence-electron chi connectivity index (χ2n) is 15.6. The fraction of sp³-hybridized carbons (Fsp3) is 0.550. The van der Waals surface area contributed by atoms with Crippen LogP contribution in [-0.2, 0) is 10.8 Å². The van der Waals surface area contributed by atoms with Crippen molar-refractivity contribution >= 4 is 17.1 Å². The summed E-state index contributed by atoms with van der Waals surface area (Å²) in [7, 11) is 0. The van der Waals surface area contributed by atoms with E-state index >= 15 is 0 Å². The van der Waals surface area contributed by atoms with Gasteiger partial charge in [-0.15, -0.1) is 0 Å². The van der Waals surface area contributed by atoms with E-state index < -0.39 is 0 Å². The second kappa shape index (κ2) is 12.5. The van der Waals surface area contributed by atoms with E-state index in [-0.39, 0.29) is 10.8 Å². The SMILES string of the molecule is Cc1ccc(N(c2ccc(C(C)(C)C)cc2)C2CCC(N(c3ccc(C(C)(C)C)cc3)C3CCC(C)CC3)CC2)cc1. The van der Waals surface area contributed by atoms with Gasteiger partial charge in [0.1, 0.15) is 0 Å². The summed E-state index contributed by atoms with van der Waals surface area (Å²) in [6.45, 7) is 18.5. The largest absolute Gasteiger partial charge is 0.366 e. The fourth-order valence-electron chi connectivity index (χ4n) is 7.37. The zero-order valence-corrected chi connectivity index (χ0v) is 27.8. The topological polar surface area (TPSA) is 6.48 Å². The first-order valence-electron chi connectivity index (χ1n) is 16.8. The smallest absolute Gasteiger partial charge is 0.0413 e. The van der Waals surface area contributed by atoms with Crippen LogP contribution in [0.2, 0.25) is 0 Å². The molecule has 0 bridgehead atoms. The molecule has 226 valence electrons. The van der Waals surface area contributed by atoms with Crippen molar-refractivity contribution in [3.05, 3.63) is 89.5 Å². The lowest BCUT2D eigenvalue weighted by molar-refractivity contribution is 0.291. The van der Waals surface area contributed by atoms with Gasteiger partial charge in [-0.25, -0.2) is 0 Å². The average Bonchev–Trinajstić information content (AvgIpc) is 2.96. The van der Waals surface area contributed by atoms with Crippen LogP contribution in [0, 0.1) is 12.8 Å². The molecule has 2 nitrogen and oxygen atoms in total. The summed E-state index contributed by atoms with van der Waals surface area (Å²) in [6.07, 6.45) is 10.3. The molecule has 2 aliphatic carbocycles. The highest BCUT2D eigenvalue weighted by atomic mass is 15.2. The molecule has 5 rings (SSSR count). The molecular formula is C40H56N2. The molecule has 0 radical (unpaired) electrons. The lowest BCUT2D eigenvalue weighted by Gasteiger charge is -2.47. The van der Waals surface area contributed by atoms with Crippen molar-refractivity contribution in [1.29, 1.82) is 0 Å². The van der Waals surface area contributed by atoms with Gasteiger partial charge in [-0.05, 0) is 123 Å². The average molecular weight is 565 g/mol. The minimum absolute atomic E-state index is 0.163. The zero-order chi connectivity index (χ0) is 30.1. The molecule has 2 fully saturated rings. The highest BCUT2D eigenvalue weighted by molar-refractivity contribution is 5.65. The van der Waals surface area contributed by atoms with Gasteiger partial charge in [0.2, 0.25) is 0 Å². The Morgan fingerprint density at radius 2 is 0.833 bits per heavy atom. The first-order valence-corrected chi connectivity index (χ1v) is 16.8. The molecule has 0 atom stereocenters. The van der Waals surface area contributed by atoms with Gasteiger partial charge >= 0.3 is 0 Å². The molecule has 0 N–H and O–H groups in total. The van der Waals surface area contributed by atoms with E-state index in [4.69, 9.17) is 0 Å². The van der Waals surface area contributed by atoms with E-state index in [9.17, 15) is 0 Å². The summed E-state index contributed by atoms with van der Waals surface area (Å²) >= 11 is 0. The molecule has 0 amide bonds. The number of aryl methyl sites for hydroxylation is 1. The van der Waals surface area contributed by atoms with Crippen LogP contribution < -0.4 is 9.80 Å². The van der Waals surface area contributed by atoms with E-state index in [1.807, 2.05) is 0 Å². The predicted octanol–water partition coefficient (Wildman–Crippen LogP) is 11.1. The Morgan fingerprint density at radius 3 is 1.26 bits per heavy atom. The third-order valence-corrected chi connectivity index (χ3v) is 10.2. The quantitative estimate of drug-likeness (QED) is 0.294. The molecule has 0 heterocycles. The Labute approximate surface area is 257 Å². The lowest BCUT2D eigenvalue weighted by atomic mass is 9.82. The normalized spacial score (nSPS) is 23.4. The van der Waals surface area contributed by atoms with Crippen molar-refractivity contribution in [3.63, 3.8) is 0 Å². The summed E-state index contributed by atoms with van der Waals surface area (Å²) in [6, 6.07) is 30.0. The van der Waals surface area contributed by atoms with Crippen LogP contribution in [-0.4, -0.2) is 18.1 Å². The lowest BCUT2D eigenvalue weighted by Crippen LogP contribution is -2.48. The van der Waals surface area contributed by atoms with E-state index in [0.29, 0.717) is 18.1 Å². The van der Waals surface area contributed by atoms with Gasteiger partial charge in [-0.1, -0.05) is 90.4 Å². The molecule has 42 heavy (non-hydrogen) atoms. The number of hydrogen-bond donors (Lipinski definition) is 0. The molecule has 2 saturated carbocycles. The standard InChI is InChI=1S/C40H56N2/c1-29-9-17-33(18-10-29)41(35-21-13-31(14-22-35)39(3,4)5)37-25-27-38(28-26-37)42(34-19-11-30(2)12-20-34)36-23-15-32(16-24-36)40(6,7)8/h9-10,13-18,21-24,30,34,37-38H,11-12,19-20,25-28H2,1-8H3. The van der Waals surface area contributed by atoms with Gasteiger partial charge < -0.3 is 9.80 Å². The van der Waals surface area contributed by atoms with Crippen molar-refractivity contribution < 1.29 is 0 Å². The maximum absolute atomic E-state index is 2.88. The van der Waals surface area contributed by atoms with Crippen LogP contribution in [0.25, 0.3) is 0 Å². The molecule has 0 spiro atoms. The van der Waals surface area contributed by atoms with Gasteiger partial charge in [0, 0.05) is 35.2 Å². The summed E-state index contributed by atoms with van der Waals surface area (Å²) < 4.78 is 0. The number of nitrogens with zero attached hydrogens (tertiary/aromatic N) is 2. The van der Waals surface area contributed by atoms with E-state index in [1.165, 1.54) is 85.1 Å². The third kappa shape index (κ3) is 7.07. The van der Waals surface area contributed by atoms with Gasteiger partial charge in [0.05, 0.1) is 0 Å². The minimum atomic E-state index is 0.163. The Hall–Kier alpha value is -2.74. The highest BCUT2D eigenvalue weighted by Gasteiger charge is 2.35. The van der Waals surface area contributed by atoms with Gasteiger partial charge in [0.25, 0.3) is 0 Å². The fourth-order valence-corrected chi connectivity index (χ4v) is 7.37. The van der Waals surface area contributed by atoms with Crippen LogP contribution in [0.1, 0.15) is 117 Å². The molecule has 3 aromatic rings. The molecule has 2 heteroatoms. The number of benzene rings is 3. The Kier molecular flexibility index (Phi) is 9.12. The van der Waals surface area contributed by atoms with Crippen LogP contribution in [0.4, 0.5) is 17.1 Å². The minimum Gasteiger partial charge on any atom is -0.366 e.